The Morgan fingerprint density at radius 3 is 1.71 bits per heavy atom. The zero-order chi connectivity index (χ0) is 48.6. The topological polar surface area (TPSA) is 189 Å². The molecule has 0 aliphatic carbocycles. The Bertz CT molecular complexity index is 2650. The Balaban J connectivity index is 0.000000196. The second-order valence-electron chi connectivity index (χ2n) is 18.5. The van der Waals surface area contributed by atoms with E-state index < -0.39 is 38.4 Å². The number of aliphatic imine (C=N–C) groups is 1. The molecule has 2 unspecified atom stereocenters. The van der Waals surface area contributed by atoms with Crippen LogP contribution >= 0.6 is 15.9 Å². The summed E-state index contributed by atoms with van der Waals surface area (Å²) in [6.45, 7) is 11.3. The van der Waals surface area contributed by atoms with Gasteiger partial charge in [-0.1, -0.05) is 23.4 Å². The van der Waals surface area contributed by atoms with Gasteiger partial charge >= 0.3 is 118 Å². The molecule has 0 spiro atoms. The first kappa shape index (κ1) is 56.4. The molecular formula is C50H75BrN10O5S2Sn. The Morgan fingerprint density at radius 2 is 1.25 bits per heavy atom. The van der Waals surface area contributed by atoms with Crippen LogP contribution in [0.5, 0.6) is 0 Å². The van der Waals surface area contributed by atoms with E-state index in [4.69, 9.17) is 9.41 Å². The minimum atomic E-state index is -3.18. The summed E-state index contributed by atoms with van der Waals surface area (Å²) >= 11 is 1.41. The molecule has 0 radical (unpaired) electrons. The third-order valence-corrected chi connectivity index (χ3v) is 30.6. The Kier molecular flexibility index (Phi) is 22.3. The van der Waals surface area contributed by atoms with Gasteiger partial charge in [0.1, 0.15) is 30.6 Å². The number of unbranched alkanes of at least 4 members (excludes halogenated alkanes) is 3. The number of halogens is 1. The molecule has 3 aromatic heterocycles. The summed E-state index contributed by atoms with van der Waals surface area (Å²) in [7, 11) is -6.33. The van der Waals surface area contributed by atoms with E-state index in [1.54, 1.807) is 42.2 Å². The summed E-state index contributed by atoms with van der Waals surface area (Å²) in [6.07, 6.45) is 26.7. The van der Waals surface area contributed by atoms with E-state index in [1.807, 2.05) is 36.4 Å². The Hall–Kier alpha value is -3.56. The number of rotatable bonds is 19. The largest absolute Gasteiger partial charge is 0.445 e. The van der Waals surface area contributed by atoms with Crippen molar-refractivity contribution < 1.29 is 21.3 Å². The van der Waals surface area contributed by atoms with Gasteiger partial charge in [-0.2, -0.15) is 0 Å². The van der Waals surface area contributed by atoms with Crippen LogP contribution < -0.4 is 19.2 Å². The van der Waals surface area contributed by atoms with E-state index in [9.17, 15) is 16.8 Å². The van der Waals surface area contributed by atoms with Crippen molar-refractivity contribution in [2.45, 2.75) is 112 Å². The number of sulfonamides is 2. The van der Waals surface area contributed by atoms with Gasteiger partial charge in [0.05, 0.1) is 29.7 Å². The summed E-state index contributed by atoms with van der Waals surface area (Å²) < 4.78 is 63.4. The summed E-state index contributed by atoms with van der Waals surface area (Å²) in [5, 5.41) is 1.95. The van der Waals surface area contributed by atoms with Gasteiger partial charge in [-0.25, -0.2) is 51.2 Å². The van der Waals surface area contributed by atoms with Crippen molar-refractivity contribution in [2.24, 2.45) is 16.8 Å². The average Bonchev–Trinajstić information content (AvgIpc) is 4.09. The van der Waals surface area contributed by atoms with Crippen LogP contribution in [0.1, 0.15) is 98.8 Å². The smallest absolute Gasteiger partial charge is 0.225 e. The fraction of sp³-hybridized carbons (Fsp3) is 0.560. The zero-order valence-electron chi connectivity index (χ0n) is 40.5. The molecule has 0 amide bonds. The minimum absolute atomic E-state index is 0. The molecule has 6 heterocycles. The van der Waals surface area contributed by atoms with Crippen molar-refractivity contribution >= 4 is 91.5 Å². The van der Waals surface area contributed by atoms with Gasteiger partial charge in [-0.3, -0.25) is 0 Å². The number of anilines is 2. The number of fused-ring (bicyclic) bond motifs is 2. The van der Waals surface area contributed by atoms with E-state index in [1.165, 1.54) is 57.5 Å². The van der Waals surface area contributed by atoms with E-state index in [0.717, 1.165) is 95.3 Å². The molecule has 378 valence electrons. The van der Waals surface area contributed by atoms with Gasteiger partial charge in [0.2, 0.25) is 25.9 Å². The maximum Gasteiger partial charge on any atom is 0.225 e. The third-order valence-electron chi connectivity index (χ3n) is 13.1. The number of piperidine rings is 2. The van der Waals surface area contributed by atoms with Crippen molar-refractivity contribution in [3.8, 4) is 11.5 Å². The van der Waals surface area contributed by atoms with Gasteiger partial charge in [-0.05, 0) is 73.9 Å². The molecule has 0 bridgehead atoms. The summed E-state index contributed by atoms with van der Waals surface area (Å²) in [5.74, 6) is 2.86. The standard InChI is InChI=1S/C18H21N5O3S.C15H19BrN4O2S.C4H4N.3C4H9.CH4.Sn/c1-27(24,25)22-10-13-3-2-7-23(11-13)17-15-9-14(18-19-6-8-26-18)4-5-16(15)20-12-21-17;1-23(21,22)19-8-11-3-2-6-20(9-11)15-13-7-12(16)4-5-14(13)17-10-18-15;1-2-4-5-3-1;3*1-3-4-2;;/h4-6,8-9,12-13,22H,2-3,7,10-11H2,1H3;4-5,7,10-11,19H,2-3,6,8-9H2,1H3;1,3H,2H2;3*1,3-4H2,2H3;1H4;. The van der Waals surface area contributed by atoms with Crippen molar-refractivity contribution in [3.05, 3.63) is 78.3 Å². The molecule has 2 fully saturated rings. The van der Waals surface area contributed by atoms with Gasteiger partial charge in [0.15, 0.2) is 0 Å². The second kappa shape index (κ2) is 27.3. The van der Waals surface area contributed by atoms with Crippen LogP contribution in [0, 0.1) is 11.8 Å². The number of nitrogens with zero attached hydrogens (tertiary/aromatic N) is 8. The zero-order valence-corrected chi connectivity index (χ0v) is 46.6. The van der Waals surface area contributed by atoms with Crippen molar-refractivity contribution in [3.63, 3.8) is 0 Å². The predicted octanol–water partition coefficient (Wildman–Crippen LogP) is 10.6. The van der Waals surface area contributed by atoms with Crippen LogP contribution in [-0.4, -0.2) is 116 Å². The van der Waals surface area contributed by atoms with E-state index in [2.05, 4.69) is 93.1 Å². The second-order valence-corrected chi connectivity index (χ2v) is 36.3. The monoisotopic (exact) mass is 1160 g/mol. The van der Waals surface area contributed by atoms with Crippen molar-refractivity contribution in [2.75, 3.05) is 61.6 Å². The summed E-state index contributed by atoms with van der Waals surface area (Å²) in [6, 6.07) is 11.8. The van der Waals surface area contributed by atoms with Gasteiger partial charge in [-0.15, -0.1) is 0 Å². The quantitative estimate of drug-likeness (QED) is 0.0746. The van der Waals surface area contributed by atoms with Gasteiger partial charge in [0, 0.05) is 60.1 Å². The molecule has 19 heteroatoms. The number of hydrogen-bond acceptors (Lipinski definition) is 13. The van der Waals surface area contributed by atoms with Crippen LogP contribution in [0.15, 0.2) is 87.7 Å². The first-order chi connectivity index (χ1) is 32.7. The molecule has 8 rings (SSSR count). The molecule has 3 aliphatic rings. The SMILES string of the molecule is C.CCC[CH2][Sn]([CH2]CCC)([CH2]CCC)[C]1=NC=CC1.CS(=O)(=O)NCC1CCCN(c2ncnc3ccc(-c4ncco4)cc23)C1.CS(=O)(=O)NCC1CCCN(c2ncnc3ccc(Br)cc23)C1. The van der Waals surface area contributed by atoms with Crippen LogP contribution in [0.3, 0.4) is 0 Å². The third kappa shape index (κ3) is 17.0. The number of oxazole rings is 1. The Labute approximate surface area is 424 Å². The van der Waals surface area contributed by atoms with E-state index in [0.29, 0.717) is 19.0 Å². The molecule has 69 heavy (non-hydrogen) atoms. The fourth-order valence-corrected chi connectivity index (χ4v) is 27.0. The molecule has 5 aromatic rings. The molecule has 2 atom stereocenters. The number of nitrogens with one attached hydrogen (secondary N) is 2. The minimum Gasteiger partial charge on any atom is -0.445 e. The first-order valence-corrected chi connectivity index (χ1v) is 36.4. The van der Waals surface area contributed by atoms with Gasteiger partial charge < -0.3 is 14.2 Å². The average molecular weight is 1160 g/mol. The molecule has 2 aromatic carbocycles. The summed E-state index contributed by atoms with van der Waals surface area (Å²) in [4.78, 5) is 31.1. The first-order valence-electron chi connectivity index (χ1n) is 24.4. The van der Waals surface area contributed by atoms with Crippen molar-refractivity contribution in [1.29, 1.82) is 0 Å². The number of benzene rings is 2. The molecule has 2 saturated heterocycles. The Morgan fingerprint density at radius 1 is 0.725 bits per heavy atom. The normalized spacial score (nSPS) is 17.4. The summed E-state index contributed by atoms with van der Waals surface area (Å²) in [5.41, 5.74) is 2.64. The van der Waals surface area contributed by atoms with Crippen LogP contribution in [-0.2, 0) is 20.0 Å². The van der Waals surface area contributed by atoms with E-state index >= 15 is 0 Å². The molecule has 2 N–H and O–H groups in total. The van der Waals surface area contributed by atoms with Crippen LogP contribution in [0.4, 0.5) is 11.6 Å². The van der Waals surface area contributed by atoms with Crippen LogP contribution in [0.2, 0.25) is 13.3 Å². The van der Waals surface area contributed by atoms with Gasteiger partial charge in [0.25, 0.3) is 0 Å². The predicted molar refractivity (Wildman–Crippen MR) is 291 cm³/mol. The maximum absolute atomic E-state index is 11.4. The van der Waals surface area contributed by atoms with Crippen LogP contribution in [0.25, 0.3) is 33.3 Å². The molecular weight excluding hydrogens is 1080 g/mol. The number of allylic oxidation sites excluding steroid dienone is 1. The maximum atomic E-state index is 11.4. The molecule has 0 saturated carbocycles. The number of aromatic nitrogens is 5. The fourth-order valence-electron chi connectivity index (χ4n) is 9.51. The molecule has 3 aliphatic heterocycles. The number of hydrogen-bond donors (Lipinski definition) is 2. The van der Waals surface area contributed by atoms with E-state index in [-0.39, 0.29) is 19.3 Å². The van der Waals surface area contributed by atoms with Crippen molar-refractivity contribution in [1.82, 2.24) is 34.4 Å². The molecule has 15 nitrogen and oxygen atoms in total.